The number of aromatic amines is 1. The van der Waals surface area contributed by atoms with Gasteiger partial charge in [0.1, 0.15) is 5.82 Å². The Bertz CT molecular complexity index is 1540. The van der Waals surface area contributed by atoms with Crippen LogP contribution in [0.1, 0.15) is 28.4 Å². The minimum atomic E-state index is -4.98. The van der Waals surface area contributed by atoms with E-state index in [1.165, 1.54) is 18.2 Å². The Labute approximate surface area is 227 Å². The molecule has 1 heterocycles. The third-order valence-corrected chi connectivity index (χ3v) is 6.14. The topological polar surface area (TPSA) is 88.9 Å². The molecule has 202 valence electrons. The summed E-state index contributed by atoms with van der Waals surface area (Å²) in [6.45, 7) is -0.535. The van der Waals surface area contributed by atoms with Gasteiger partial charge in [0, 0.05) is 5.02 Å². The van der Waals surface area contributed by atoms with E-state index in [1.54, 1.807) is 30.5 Å². The molecule has 39 heavy (non-hydrogen) atoms. The van der Waals surface area contributed by atoms with Gasteiger partial charge in [-0.2, -0.15) is 31.6 Å². The number of fused-ring (bicyclic) bond motifs is 1. The van der Waals surface area contributed by atoms with Crippen molar-refractivity contribution in [2.24, 2.45) is 4.99 Å². The first-order valence-electron chi connectivity index (χ1n) is 11.0. The number of nitriles is 1. The highest BCUT2D eigenvalue weighted by Crippen LogP contribution is 2.41. The van der Waals surface area contributed by atoms with Crippen LogP contribution in [0, 0.1) is 11.5 Å². The zero-order valence-corrected chi connectivity index (χ0v) is 20.9. The molecule has 1 unspecified atom stereocenters. The number of aromatic nitrogens is 2. The molecule has 0 aliphatic rings. The number of hydrogen-bond acceptors (Lipinski definition) is 3. The number of guanidine groups is 1. The average Bonchev–Trinajstić information content (AvgIpc) is 3.28. The number of alkyl halides is 6. The molecular weight excluding hydrogens is 569 g/mol. The Balaban J connectivity index is 1.85. The van der Waals surface area contributed by atoms with E-state index in [4.69, 9.17) is 23.2 Å². The van der Waals surface area contributed by atoms with E-state index in [-0.39, 0.29) is 22.5 Å². The average molecular weight is 585 g/mol. The maximum Gasteiger partial charge on any atom is 0.416 e. The van der Waals surface area contributed by atoms with Crippen LogP contribution in [-0.4, -0.2) is 22.5 Å². The van der Waals surface area contributed by atoms with Crippen molar-refractivity contribution in [3.63, 3.8) is 0 Å². The molecule has 6 nitrogen and oxygen atoms in total. The van der Waals surface area contributed by atoms with Crippen LogP contribution in [0.15, 0.2) is 65.7 Å². The van der Waals surface area contributed by atoms with E-state index in [2.05, 4.69) is 25.6 Å². The zero-order chi connectivity index (χ0) is 28.4. The van der Waals surface area contributed by atoms with Crippen LogP contribution in [0.2, 0.25) is 10.0 Å². The zero-order valence-electron chi connectivity index (χ0n) is 19.4. The van der Waals surface area contributed by atoms with Gasteiger partial charge in [0.15, 0.2) is 6.19 Å². The minimum absolute atomic E-state index is 0.0504. The summed E-state index contributed by atoms with van der Waals surface area (Å²) in [5.41, 5.74) is -2.12. The van der Waals surface area contributed by atoms with Crippen molar-refractivity contribution in [3.05, 3.63) is 93.2 Å². The fraction of sp³-hybridized carbons (Fsp3) is 0.160. The van der Waals surface area contributed by atoms with E-state index >= 15 is 0 Å². The summed E-state index contributed by atoms with van der Waals surface area (Å²) in [6, 6.07) is 12.1. The van der Waals surface area contributed by atoms with Crippen LogP contribution in [0.25, 0.3) is 11.0 Å². The van der Waals surface area contributed by atoms with Crippen molar-refractivity contribution in [3.8, 4) is 6.19 Å². The van der Waals surface area contributed by atoms with Gasteiger partial charge in [-0.3, -0.25) is 10.3 Å². The van der Waals surface area contributed by atoms with Crippen LogP contribution in [0.3, 0.4) is 0 Å². The van der Waals surface area contributed by atoms with Gasteiger partial charge in [-0.15, -0.1) is 0 Å². The summed E-state index contributed by atoms with van der Waals surface area (Å²) >= 11 is 12.0. The molecule has 0 saturated carbocycles. The molecule has 0 saturated heterocycles. The van der Waals surface area contributed by atoms with Gasteiger partial charge in [-0.1, -0.05) is 35.3 Å². The summed E-state index contributed by atoms with van der Waals surface area (Å²) in [6.07, 6.45) is -8.23. The largest absolute Gasteiger partial charge is 0.416 e. The molecule has 0 aliphatic carbocycles. The monoisotopic (exact) mass is 584 g/mol. The Morgan fingerprint density at radius 2 is 1.74 bits per heavy atom. The molecule has 0 spiro atoms. The Morgan fingerprint density at radius 3 is 2.38 bits per heavy atom. The van der Waals surface area contributed by atoms with Crippen LogP contribution >= 0.6 is 23.2 Å². The molecule has 0 radical (unpaired) electrons. The van der Waals surface area contributed by atoms with Gasteiger partial charge >= 0.3 is 12.4 Å². The first-order valence-corrected chi connectivity index (χ1v) is 11.8. The van der Waals surface area contributed by atoms with Crippen molar-refractivity contribution < 1.29 is 26.3 Å². The van der Waals surface area contributed by atoms with Gasteiger partial charge < -0.3 is 10.3 Å². The molecule has 3 aromatic carbocycles. The molecule has 0 aliphatic heterocycles. The number of nitrogens with one attached hydrogen (secondary N) is 3. The molecule has 3 N–H and O–H groups in total. The SMILES string of the molecule is N#CNC(=NCC(c1nc2ccccc2[nH]1)c1cc(C(F)(F)F)ccc1C(F)(F)F)Nc1ccc(Cl)cc1Cl. The highest BCUT2D eigenvalue weighted by atomic mass is 35.5. The molecule has 0 fully saturated rings. The summed E-state index contributed by atoms with van der Waals surface area (Å²) in [7, 11) is 0. The lowest BCUT2D eigenvalue weighted by molar-refractivity contribution is -0.142. The summed E-state index contributed by atoms with van der Waals surface area (Å²) in [5.74, 6) is -1.69. The highest BCUT2D eigenvalue weighted by molar-refractivity contribution is 6.36. The molecular formula is C25H16Cl2F6N6. The molecule has 14 heteroatoms. The van der Waals surface area contributed by atoms with E-state index in [9.17, 15) is 31.6 Å². The second kappa shape index (κ2) is 11.0. The fourth-order valence-corrected chi connectivity index (χ4v) is 4.28. The third-order valence-electron chi connectivity index (χ3n) is 5.59. The predicted octanol–water partition coefficient (Wildman–Crippen LogP) is 7.58. The Hall–Kier alpha value is -3.95. The predicted molar refractivity (Wildman–Crippen MR) is 136 cm³/mol. The van der Waals surface area contributed by atoms with Crippen LogP contribution in [0.5, 0.6) is 0 Å². The van der Waals surface area contributed by atoms with Gasteiger partial charge in [0.25, 0.3) is 0 Å². The van der Waals surface area contributed by atoms with Gasteiger partial charge in [0.05, 0.1) is 45.3 Å². The highest BCUT2D eigenvalue weighted by Gasteiger charge is 2.39. The number of H-pyrrole nitrogens is 1. The van der Waals surface area contributed by atoms with Crippen LogP contribution < -0.4 is 10.6 Å². The summed E-state index contributed by atoms with van der Waals surface area (Å²) < 4.78 is 82.6. The van der Waals surface area contributed by atoms with E-state index in [0.29, 0.717) is 34.3 Å². The van der Waals surface area contributed by atoms with Gasteiger partial charge in [0.2, 0.25) is 5.96 Å². The first kappa shape index (κ1) is 28.1. The molecule has 4 aromatic rings. The van der Waals surface area contributed by atoms with Gasteiger partial charge in [-0.25, -0.2) is 4.98 Å². The number of anilines is 1. The third kappa shape index (κ3) is 6.55. The van der Waals surface area contributed by atoms with E-state index in [0.717, 1.165) is 0 Å². The quantitative estimate of drug-likeness (QED) is 0.0741. The number of para-hydroxylation sites is 2. The Morgan fingerprint density at radius 1 is 1.00 bits per heavy atom. The van der Waals surface area contributed by atoms with Crippen molar-refractivity contribution in [1.29, 1.82) is 5.26 Å². The van der Waals surface area contributed by atoms with E-state index in [1.807, 2.05) is 0 Å². The smallest absolute Gasteiger partial charge is 0.341 e. The number of rotatable bonds is 5. The normalized spacial score (nSPS) is 13.3. The standard InChI is InChI=1S/C25H16Cl2F6N6/c26-14-6-8-19(18(27)10-14)39-23(36-12-34)35-11-16(22-37-20-3-1-2-4-21(20)38-22)15-9-13(24(28,29)30)5-7-17(15)25(31,32)33/h1-10,16H,11H2,(H,37,38)(H2,35,36,39). The molecule has 0 bridgehead atoms. The van der Waals surface area contributed by atoms with Crippen LogP contribution in [0.4, 0.5) is 32.0 Å². The maximum absolute atomic E-state index is 14.0. The lowest BCUT2D eigenvalue weighted by Crippen LogP contribution is -2.28. The number of benzene rings is 3. The lowest BCUT2D eigenvalue weighted by atomic mass is 9.91. The number of aliphatic imine (C=N–C) groups is 1. The number of nitrogens with zero attached hydrogens (tertiary/aromatic N) is 3. The molecule has 0 amide bonds. The number of hydrogen-bond donors (Lipinski definition) is 3. The van der Waals surface area contributed by atoms with Crippen molar-refractivity contribution in [2.45, 2.75) is 18.3 Å². The molecule has 1 aromatic heterocycles. The fourth-order valence-electron chi connectivity index (χ4n) is 3.82. The Kier molecular flexibility index (Phi) is 7.94. The van der Waals surface area contributed by atoms with Crippen LogP contribution in [-0.2, 0) is 12.4 Å². The summed E-state index contributed by atoms with van der Waals surface area (Å²) in [5, 5.41) is 14.6. The minimum Gasteiger partial charge on any atom is -0.341 e. The number of imidazole rings is 1. The number of halogens is 8. The molecule has 4 rings (SSSR count). The van der Waals surface area contributed by atoms with E-state index < -0.39 is 41.5 Å². The second-order valence-electron chi connectivity index (χ2n) is 8.16. The van der Waals surface area contributed by atoms with Crippen molar-refractivity contribution >= 4 is 45.9 Å². The van der Waals surface area contributed by atoms with Crippen molar-refractivity contribution in [1.82, 2.24) is 15.3 Å². The van der Waals surface area contributed by atoms with Crippen molar-refractivity contribution in [2.75, 3.05) is 11.9 Å². The van der Waals surface area contributed by atoms with Gasteiger partial charge in [-0.05, 0) is 54.1 Å². The lowest BCUT2D eigenvalue weighted by Gasteiger charge is -2.21. The first-order chi connectivity index (χ1) is 18.4. The molecule has 1 atom stereocenters. The maximum atomic E-state index is 14.0. The second-order valence-corrected chi connectivity index (χ2v) is 9.01. The summed E-state index contributed by atoms with van der Waals surface area (Å²) in [4.78, 5) is 11.4.